The van der Waals surface area contributed by atoms with E-state index < -0.39 is 0 Å². The van der Waals surface area contributed by atoms with E-state index in [1.807, 2.05) is 6.08 Å². The van der Waals surface area contributed by atoms with E-state index in [4.69, 9.17) is 0 Å². The van der Waals surface area contributed by atoms with Gasteiger partial charge in [0.15, 0.2) is 5.78 Å². The second-order valence-electron chi connectivity index (χ2n) is 11.1. The first-order valence-corrected chi connectivity index (χ1v) is 10.9. The van der Waals surface area contributed by atoms with Crippen molar-refractivity contribution in [2.75, 3.05) is 6.54 Å². The molecule has 0 aromatic heterocycles. The van der Waals surface area contributed by atoms with Crippen molar-refractivity contribution >= 4 is 11.7 Å². The van der Waals surface area contributed by atoms with Crippen molar-refractivity contribution in [1.82, 2.24) is 10.6 Å². The fraction of sp³-hybridized carbons (Fsp3) is 0.826. The van der Waals surface area contributed by atoms with Crippen molar-refractivity contribution in [1.29, 1.82) is 0 Å². The van der Waals surface area contributed by atoms with Gasteiger partial charge in [0, 0.05) is 41.6 Å². The van der Waals surface area contributed by atoms with Crippen LogP contribution in [-0.4, -0.2) is 23.8 Å². The molecule has 0 aromatic carbocycles. The van der Waals surface area contributed by atoms with E-state index in [0.29, 0.717) is 24.2 Å². The summed E-state index contributed by atoms with van der Waals surface area (Å²) in [5.41, 5.74) is 1.24. The molecule has 0 radical (unpaired) electrons. The van der Waals surface area contributed by atoms with Gasteiger partial charge in [0.05, 0.1) is 0 Å². The summed E-state index contributed by atoms with van der Waals surface area (Å²) in [6, 6.07) is 0. The van der Waals surface area contributed by atoms with Crippen LogP contribution in [0.25, 0.3) is 0 Å². The Labute approximate surface area is 163 Å². The molecule has 3 fully saturated rings. The fourth-order valence-electron chi connectivity index (χ4n) is 7.03. The molecule has 3 unspecified atom stereocenters. The van der Waals surface area contributed by atoms with Crippen LogP contribution in [0.3, 0.4) is 0 Å². The van der Waals surface area contributed by atoms with Crippen molar-refractivity contribution in [3.63, 3.8) is 0 Å². The lowest BCUT2D eigenvalue weighted by molar-refractivity contribution is -0.133. The number of nitrogens with one attached hydrogen (secondary N) is 2. The molecule has 1 saturated heterocycles. The van der Waals surface area contributed by atoms with Gasteiger partial charge < -0.3 is 10.6 Å². The average molecular weight is 373 g/mol. The van der Waals surface area contributed by atoms with E-state index in [1.165, 1.54) is 12.1 Å². The van der Waals surface area contributed by atoms with Crippen LogP contribution < -0.4 is 10.6 Å². The Kier molecular flexibility index (Phi) is 4.29. The third kappa shape index (κ3) is 2.94. The Morgan fingerprint density at radius 3 is 2.59 bits per heavy atom. The van der Waals surface area contributed by atoms with Gasteiger partial charge in [-0.15, -0.1) is 0 Å². The Morgan fingerprint density at radius 1 is 1.15 bits per heavy atom. The first kappa shape index (κ1) is 19.0. The van der Waals surface area contributed by atoms with E-state index in [2.05, 4.69) is 45.3 Å². The Balaban J connectivity index is 1.58. The zero-order chi connectivity index (χ0) is 19.6. The second kappa shape index (κ2) is 6.09. The number of piperidine rings is 1. The molecule has 2 N–H and O–H groups in total. The summed E-state index contributed by atoms with van der Waals surface area (Å²) in [6.07, 6.45) is 8.03. The Morgan fingerprint density at radius 2 is 1.89 bits per heavy atom. The van der Waals surface area contributed by atoms with E-state index >= 15 is 0 Å². The maximum atomic E-state index is 13.0. The van der Waals surface area contributed by atoms with Crippen LogP contribution in [0.2, 0.25) is 0 Å². The van der Waals surface area contributed by atoms with Gasteiger partial charge >= 0.3 is 0 Å². The van der Waals surface area contributed by atoms with E-state index in [1.54, 1.807) is 0 Å². The number of ketones is 1. The molecule has 0 aromatic rings. The smallest absolute Gasteiger partial charge is 0.224 e. The average Bonchev–Trinajstić information content (AvgIpc) is 2.91. The molecule has 150 valence electrons. The molecule has 6 atom stereocenters. The van der Waals surface area contributed by atoms with Crippen molar-refractivity contribution in [2.24, 2.45) is 34.5 Å². The molecule has 4 rings (SSSR count). The first-order valence-electron chi connectivity index (χ1n) is 10.9. The monoisotopic (exact) mass is 372 g/mol. The third-order valence-corrected chi connectivity index (χ3v) is 8.41. The minimum absolute atomic E-state index is 0.111. The molecule has 1 amide bonds. The van der Waals surface area contributed by atoms with Crippen LogP contribution in [0.4, 0.5) is 0 Å². The summed E-state index contributed by atoms with van der Waals surface area (Å²) >= 11 is 0. The van der Waals surface area contributed by atoms with Crippen molar-refractivity contribution in [3.8, 4) is 0 Å². The molecular weight excluding hydrogens is 336 g/mol. The molecule has 0 spiro atoms. The molecule has 4 nitrogen and oxygen atoms in total. The van der Waals surface area contributed by atoms with E-state index in [9.17, 15) is 9.59 Å². The zero-order valence-electron chi connectivity index (χ0n) is 17.7. The van der Waals surface area contributed by atoms with Crippen molar-refractivity contribution in [2.45, 2.75) is 78.7 Å². The van der Waals surface area contributed by atoms with Crippen LogP contribution >= 0.6 is 0 Å². The van der Waals surface area contributed by atoms with Gasteiger partial charge in [-0.05, 0) is 76.0 Å². The Bertz CT molecular complexity index is 691. The largest absolute Gasteiger partial charge is 0.387 e. The van der Waals surface area contributed by atoms with Crippen molar-refractivity contribution < 1.29 is 9.59 Å². The maximum Gasteiger partial charge on any atom is 0.224 e. The van der Waals surface area contributed by atoms with Crippen LogP contribution in [0.15, 0.2) is 11.8 Å². The molecule has 0 bridgehead atoms. The number of amides is 1. The predicted octanol–water partition coefficient (Wildman–Crippen LogP) is 3.82. The molecule has 4 aliphatic rings. The summed E-state index contributed by atoms with van der Waals surface area (Å²) < 4.78 is 0. The second-order valence-corrected chi connectivity index (χ2v) is 11.1. The number of hydrogen-bond donors (Lipinski definition) is 2. The summed E-state index contributed by atoms with van der Waals surface area (Å²) in [4.78, 5) is 25.0. The topological polar surface area (TPSA) is 58.2 Å². The molecule has 4 heteroatoms. The molecular formula is C23H36N2O2. The standard InChI is InChI=1S/C23H36N2O2/c1-21(2,3)25-20(27)18-7-6-16-15-13-24-19-12-14(26)8-10-23(19,5)17(15)9-11-22(16,18)4/h12,15-18,24H,6-11,13H2,1-5H3,(H,25,27)/t15?,16?,17?,18-,22+,23-/m1/s1. The lowest BCUT2D eigenvalue weighted by Gasteiger charge is -2.58. The highest BCUT2D eigenvalue weighted by Crippen LogP contribution is 2.64. The summed E-state index contributed by atoms with van der Waals surface area (Å²) in [5, 5.41) is 6.89. The van der Waals surface area contributed by atoms with E-state index in [-0.39, 0.29) is 34.0 Å². The molecule has 27 heavy (non-hydrogen) atoms. The highest BCUT2D eigenvalue weighted by atomic mass is 16.2. The predicted molar refractivity (Wildman–Crippen MR) is 107 cm³/mol. The number of rotatable bonds is 1. The molecule has 1 aliphatic heterocycles. The van der Waals surface area contributed by atoms with Crippen LogP contribution in [0, 0.1) is 34.5 Å². The van der Waals surface area contributed by atoms with Gasteiger partial charge in [0.25, 0.3) is 0 Å². The van der Waals surface area contributed by atoms with Gasteiger partial charge in [-0.3, -0.25) is 9.59 Å². The van der Waals surface area contributed by atoms with E-state index in [0.717, 1.165) is 32.2 Å². The van der Waals surface area contributed by atoms with Crippen molar-refractivity contribution in [3.05, 3.63) is 11.8 Å². The highest BCUT2D eigenvalue weighted by Gasteiger charge is 2.60. The number of fused-ring (bicyclic) bond motifs is 5. The SMILES string of the molecule is CC(C)(C)NC(=O)[C@H]1CCC2C3CNC4=CC(=O)CC[C@]4(C)C3CC[C@@]21C. The van der Waals surface area contributed by atoms with Gasteiger partial charge in [0.2, 0.25) is 5.91 Å². The van der Waals surface area contributed by atoms with Crippen LogP contribution in [0.5, 0.6) is 0 Å². The quantitative estimate of drug-likeness (QED) is 0.736. The summed E-state index contributed by atoms with van der Waals surface area (Å²) in [6.45, 7) is 11.9. The van der Waals surface area contributed by atoms with Gasteiger partial charge in [0.1, 0.15) is 0 Å². The lowest BCUT2D eigenvalue weighted by atomic mass is 9.50. The number of carbonyl (C=O) groups is 2. The summed E-state index contributed by atoms with van der Waals surface area (Å²) in [7, 11) is 0. The number of hydrogen-bond acceptors (Lipinski definition) is 3. The molecule has 2 saturated carbocycles. The van der Waals surface area contributed by atoms with Gasteiger partial charge in [-0.2, -0.15) is 0 Å². The zero-order valence-corrected chi connectivity index (χ0v) is 17.7. The molecule has 1 heterocycles. The number of allylic oxidation sites excluding steroid dienone is 2. The third-order valence-electron chi connectivity index (χ3n) is 8.41. The molecule has 3 aliphatic carbocycles. The fourth-order valence-corrected chi connectivity index (χ4v) is 7.03. The summed E-state index contributed by atoms with van der Waals surface area (Å²) in [5.74, 6) is 2.53. The maximum absolute atomic E-state index is 13.0. The van der Waals surface area contributed by atoms with Crippen LogP contribution in [0.1, 0.15) is 73.1 Å². The minimum Gasteiger partial charge on any atom is -0.387 e. The minimum atomic E-state index is -0.170. The highest BCUT2D eigenvalue weighted by molar-refractivity contribution is 5.91. The Hall–Kier alpha value is -1.32. The first-order chi connectivity index (χ1) is 12.5. The normalized spacial score (nSPS) is 43.7. The van der Waals surface area contributed by atoms with Gasteiger partial charge in [-0.1, -0.05) is 13.8 Å². The van der Waals surface area contributed by atoms with Gasteiger partial charge in [-0.25, -0.2) is 0 Å². The van der Waals surface area contributed by atoms with Crippen LogP contribution in [-0.2, 0) is 9.59 Å². The lowest BCUT2D eigenvalue weighted by Crippen LogP contribution is -2.57. The number of carbonyl (C=O) groups excluding carboxylic acids is 2.